The van der Waals surface area contributed by atoms with Gasteiger partial charge in [-0.1, -0.05) is 69.8 Å². The van der Waals surface area contributed by atoms with Crippen molar-refractivity contribution in [2.75, 3.05) is 0 Å². The van der Waals surface area contributed by atoms with E-state index in [0.717, 1.165) is 23.7 Å². The van der Waals surface area contributed by atoms with Crippen LogP contribution in [0, 0.1) is 23.7 Å². The van der Waals surface area contributed by atoms with Crippen molar-refractivity contribution in [3.05, 3.63) is 24.3 Å². The van der Waals surface area contributed by atoms with E-state index >= 15 is 0 Å². The molecule has 0 unspecified atom stereocenters. The van der Waals surface area contributed by atoms with Gasteiger partial charge >= 0.3 is 0 Å². The maximum Gasteiger partial charge on any atom is -0.0233 e. The second-order valence-corrected chi connectivity index (χ2v) is 8.61. The molecule has 0 aromatic heterocycles. The summed E-state index contributed by atoms with van der Waals surface area (Å²) in [6, 6.07) is 0. The van der Waals surface area contributed by atoms with Crippen LogP contribution >= 0.6 is 0 Å². The van der Waals surface area contributed by atoms with Crippen molar-refractivity contribution in [1.29, 1.82) is 0 Å². The first-order chi connectivity index (χ1) is 11.8. The van der Waals surface area contributed by atoms with Crippen LogP contribution in [0.5, 0.6) is 0 Å². The summed E-state index contributed by atoms with van der Waals surface area (Å²) in [6.45, 7) is 4.48. The molecule has 0 saturated heterocycles. The zero-order valence-corrected chi connectivity index (χ0v) is 16.5. The van der Waals surface area contributed by atoms with Gasteiger partial charge in [0.2, 0.25) is 0 Å². The fourth-order valence-electron chi connectivity index (χ4n) is 5.01. The van der Waals surface area contributed by atoms with Crippen molar-refractivity contribution in [2.45, 2.75) is 104 Å². The minimum Gasteiger partial charge on any atom is -0.0917 e. The Morgan fingerprint density at radius 1 is 0.667 bits per heavy atom. The Hall–Kier alpha value is -0.520. The lowest BCUT2D eigenvalue weighted by Crippen LogP contribution is -2.14. The van der Waals surface area contributed by atoms with Crippen LogP contribution in [-0.4, -0.2) is 0 Å². The Kier molecular flexibility index (Phi) is 9.85. The second-order valence-electron chi connectivity index (χ2n) is 8.61. The lowest BCUT2D eigenvalue weighted by atomic mass is 9.78. The molecule has 0 nitrogen and oxygen atoms in total. The molecule has 2 fully saturated rings. The fourth-order valence-corrected chi connectivity index (χ4v) is 5.01. The first-order valence-electron chi connectivity index (χ1n) is 11.1. The van der Waals surface area contributed by atoms with Gasteiger partial charge in [0.05, 0.1) is 0 Å². The van der Waals surface area contributed by atoms with Crippen molar-refractivity contribution < 1.29 is 0 Å². The lowest BCUT2D eigenvalue weighted by molar-refractivity contribution is 0.255. The number of rotatable bonds is 9. The van der Waals surface area contributed by atoms with Gasteiger partial charge in [0.25, 0.3) is 0 Å². The third-order valence-corrected chi connectivity index (χ3v) is 6.68. The summed E-state index contributed by atoms with van der Waals surface area (Å²) in [7, 11) is 0. The summed E-state index contributed by atoms with van der Waals surface area (Å²) in [6.07, 6.45) is 29.9. The van der Waals surface area contributed by atoms with Crippen LogP contribution in [0.3, 0.4) is 0 Å². The molecule has 2 saturated carbocycles. The summed E-state index contributed by atoms with van der Waals surface area (Å²) in [4.78, 5) is 0. The summed E-state index contributed by atoms with van der Waals surface area (Å²) < 4.78 is 0. The summed E-state index contributed by atoms with van der Waals surface area (Å²) in [5, 5.41) is 0. The summed E-state index contributed by atoms with van der Waals surface area (Å²) >= 11 is 0. The predicted molar refractivity (Wildman–Crippen MR) is 108 cm³/mol. The summed E-state index contributed by atoms with van der Waals surface area (Å²) in [5.74, 6) is 3.99. The highest BCUT2D eigenvalue weighted by atomic mass is 14.3. The van der Waals surface area contributed by atoms with Gasteiger partial charge < -0.3 is 0 Å². The van der Waals surface area contributed by atoms with E-state index in [2.05, 4.69) is 38.2 Å². The van der Waals surface area contributed by atoms with Crippen LogP contribution in [0.2, 0.25) is 0 Å². The van der Waals surface area contributed by atoms with Gasteiger partial charge in [-0.15, -0.1) is 0 Å². The Morgan fingerprint density at radius 3 is 1.71 bits per heavy atom. The van der Waals surface area contributed by atoms with Crippen LogP contribution in [-0.2, 0) is 0 Å². The molecular formula is C24H42. The second kappa shape index (κ2) is 11.9. The molecule has 0 aromatic rings. The molecule has 0 bridgehead atoms. The van der Waals surface area contributed by atoms with Crippen molar-refractivity contribution in [2.24, 2.45) is 23.7 Å². The van der Waals surface area contributed by atoms with E-state index in [4.69, 9.17) is 0 Å². The molecule has 0 aliphatic heterocycles. The van der Waals surface area contributed by atoms with Crippen LogP contribution in [0.15, 0.2) is 24.3 Å². The van der Waals surface area contributed by atoms with Crippen molar-refractivity contribution in [3.8, 4) is 0 Å². The van der Waals surface area contributed by atoms with Gasteiger partial charge in [-0.25, -0.2) is 0 Å². The SMILES string of the molecule is CC=CCC[C@H]1CC[C@H](CCC=C[C@H]2CC[C@H](CCC)CC2)CC1. The van der Waals surface area contributed by atoms with Gasteiger partial charge in [-0.05, 0) is 82.0 Å². The molecule has 2 aliphatic carbocycles. The zero-order valence-electron chi connectivity index (χ0n) is 16.5. The van der Waals surface area contributed by atoms with Crippen molar-refractivity contribution in [1.82, 2.24) is 0 Å². The number of allylic oxidation sites excluding steroid dienone is 4. The first-order valence-corrected chi connectivity index (χ1v) is 11.1. The maximum absolute atomic E-state index is 2.57. The van der Waals surface area contributed by atoms with E-state index in [0.29, 0.717) is 0 Å². The molecule has 0 N–H and O–H groups in total. The predicted octanol–water partition coefficient (Wildman–Crippen LogP) is 8.09. The fraction of sp³-hybridized carbons (Fsp3) is 0.833. The third kappa shape index (κ3) is 7.58. The Morgan fingerprint density at radius 2 is 1.17 bits per heavy atom. The number of hydrogen-bond donors (Lipinski definition) is 0. The molecule has 0 spiro atoms. The molecule has 24 heavy (non-hydrogen) atoms. The molecular weight excluding hydrogens is 288 g/mol. The maximum atomic E-state index is 2.57. The smallest absolute Gasteiger partial charge is 0.0233 e. The first kappa shape index (κ1) is 19.8. The van der Waals surface area contributed by atoms with Crippen LogP contribution < -0.4 is 0 Å². The molecule has 0 heterocycles. The Bertz CT molecular complexity index is 348. The van der Waals surface area contributed by atoms with E-state index in [1.165, 1.54) is 89.9 Å². The molecule has 2 rings (SSSR count). The van der Waals surface area contributed by atoms with E-state index in [1.54, 1.807) is 0 Å². The van der Waals surface area contributed by atoms with Gasteiger partial charge in [0.1, 0.15) is 0 Å². The molecule has 0 atom stereocenters. The molecule has 0 aromatic carbocycles. The Balaban J connectivity index is 1.52. The molecule has 0 amide bonds. The Labute approximate surface area is 152 Å². The van der Waals surface area contributed by atoms with Gasteiger partial charge in [-0.2, -0.15) is 0 Å². The average Bonchev–Trinajstić information content (AvgIpc) is 2.62. The van der Waals surface area contributed by atoms with E-state index in [9.17, 15) is 0 Å². The van der Waals surface area contributed by atoms with Crippen LogP contribution in [0.25, 0.3) is 0 Å². The monoisotopic (exact) mass is 330 g/mol. The zero-order chi connectivity index (χ0) is 17.0. The summed E-state index contributed by atoms with van der Waals surface area (Å²) in [5.41, 5.74) is 0. The molecule has 2 aliphatic rings. The minimum atomic E-state index is 0.903. The highest BCUT2D eigenvalue weighted by Crippen LogP contribution is 2.35. The van der Waals surface area contributed by atoms with Crippen molar-refractivity contribution in [3.63, 3.8) is 0 Å². The van der Waals surface area contributed by atoms with Gasteiger partial charge in [0, 0.05) is 0 Å². The highest BCUT2D eigenvalue weighted by molar-refractivity contribution is 4.91. The average molecular weight is 331 g/mol. The van der Waals surface area contributed by atoms with E-state index in [1.807, 2.05) is 0 Å². The third-order valence-electron chi connectivity index (χ3n) is 6.68. The standard InChI is InChI=1S/C24H42/c1-3-5-6-10-22-17-19-24(20-18-22)12-8-7-11-23-15-13-21(9-4-2)14-16-23/h3,5,7,11,21-24H,4,6,8-10,12-20H2,1-2H3/t21-,22-,23-,24-. The highest BCUT2D eigenvalue weighted by Gasteiger charge is 2.20. The van der Waals surface area contributed by atoms with Crippen LogP contribution in [0.4, 0.5) is 0 Å². The normalized spacial score (nSPS) is 31.9. The van der Waals surface area contributed by atoms with Gasteiger partial charge in [0.15, 0.2) is 0 Å². The molecule has 138 valence electrons. The number of hydrogen-bond acceptors (Lipinski definition) is 0. The minimum absolute atomic E-state index is 0.903. The van der Waals surface area contributed by atoms with Crippen molar-refractivity contribution >= 4 is 0 Å². The lowest BCUT2D eigenvalue weighted by Gasteiger charge is -2.28. The van der Waals surface area contributed by atoms with E-state index < -0.39 is 0 Å². The largest absolute Gasteiger partial charge is 0.0917 e. The van der Waals surface area contributed by atoms with E-state index in [-0.39, 0.29) is 0 Å². The quantitative estimate of drug-likeness (QED) is 0.375. The molecule has 0 radical (unpaired) electrons. The molecule has 0 heteroatoms. The van der Waals surface area contributed by atoms with Gasteiger partial charge in [-0.3, -0.25) is 0 Å². The topological polar surface area (TPSA) is 0 Å². The van der Waals surface area contributed by atoms with Crippen LogP contribution in [0.1, 0.15) is 104 Å².